The van der Waals surface area contributed by atoms with Crippen LogP contribution in [0.4, 0.5) is 5.69 Å². The maximum Gasteiger partial charge on any atom is 0.290 e. The second kappa shape index (κ2) is 11.3. The van der Waals surface area contributed by atoms with Crippen molar-refractivity contribution in [3.63, 3.8) is 0 Å². The minimum Gasteiger partial charge on any atom is -0.483 e. The Morgan fingerprint density at radius 1 is 1.26 bits per heavy atom. The third kappa shape index (κ3) is 5.82. The lowest BCUT2D eigenvalue weighted by Gasteiger charge is -2.32. The van der Waals surface area contributed by atoms with Crippen LogP contribution in [-0.2, 0) is 27.3 Å². The molecule has 1 unspecified atom stereocenters. The van der Waals surface area contributed by atoms with Gasteiger partial charge in [-0.05, 0) is 48.2 Å². The second-order valence-electron chi connectivity index (χ2n) is 8.28. The number of hydrogen-bond acceptors (Lipinski definition) is 7. The molecule has 1 atom stereocenters. The third-order valence-electron chi connectivity index (χ3n) is 6.00. The molecule has 2 aliphatic heterocycles. The molecule has 10 heteroatoms. The molecule has 1 fully saturated rings. The van der Waals surface area contributed by atoms with Gasteiger partial charge >= 0.3 is 0 Å². The molecule has 35 heavy (non-hydrogen) atoms. The van der Waals surface area contributed by atoms with Crippen molar-refractivity contribution < 1.29 is 24.2 Å². The number of nitriles is 2. The summed E-state index contributed by atoms with van der Waals surface area (Å²) in [6.45, 7) is 0.980. The molecule has 2 aromatic rings. The molecule has 0 spiro atoms. The van der Waals surface area contributed by atoms with Gasteiger partial charge in [-0.15, -0.1) is 0 Å². The zero-order chi connectivity index (χ0) is 25.4. The number of amides is 2. The number of carbonyl (C=O) groups excluding carboxylic acids is 2. The highest BCUT2D eigenvalue weighted by atomic mass is 16.5. The van der Waals surface area contributed by atoms with Crippen molar-refractivity contribution in [3.05, 3.63) is 64.7 Å². The van der Waals surface area contributed by atoms with Crippen molar-refractivity contribution >= 4 is 24.0 Å². The standard InChI is InChI=1S/C24H23N5O3.CH2O2/c25-13-17-2-1-3-20(12-17)29-15-18-10-16(4-5-21(18)22(29)30)11-19(14-26)28-23(31)24(27)6-8-32-9-7-24;2-1-3/h1-5,10,12,19H,6-9,11,15,27H2,(H,28,31);1H,(H,2,3). The summed E-state index contributed by atoms with van der Waals surface area (Å²) < 4.78 is 5.27. The number of rotatable bonds is 5. The SMILES string of the molecule is N#Cc1cccc(N2Cc3cc(CC(C#N)NC(=O)C4(N)CCOCC4)ccc3C2=O)c1.O=CO. The van der Waals surface area contributed by atoms with Gasteiger partial charge < -0.3 is 25.8 Å². The van der Waals surface area contributed by atoms with Crippen LogP contribution in [-0.4, -0.2) is 48.2 Å². The molecule has 0 radical (unpaired) electrons. The number of benzene rings is 2. The highest BCUT2D eigenvalue weighted by molar-refractivity contribution is 6.10. The molecule has 2 amide bonds. The quantitative estimate of drug-likeness (QED) is 0.546. The van der Waals surface area contributed by atoms with E-state index in [9.17, 15) is 14.9 Å². The fraction of sp³-hybridized carbons (Fsp3) is 0.320. The summed E-state index contributed by atoms with van der Waals surface area (Å²) >= 11 is 0. The Labute approximate surface area is 202 Å². The average molecular weight is 476 g/mol. The monoisotopic (exact) mass is 475 g/mol. The molecule has 1 saturated heterocycles. The van der Waals surface area contributed by atoms with Crippen LogP contribution in [0.5, 0.6) is 0 Å². The van der Waals surface area contributed by atoms with Gasteiger partial charge in [-0.2, -0.15) is 10.5 Å². The second-order valence-corrected chi connectivity index (χ2v) is 8.28. The van der Waals surface area contributed by atoms with E-state index in [4.69, 9.17) is 25.6 Å². The Kier molecular flexibility index (Phi) is 8.16. The molecular formula is C25H25N5O5. The number of nitrogens with two attached hydrogens (primary N) is 1. The number of hydrogen-bond donors (Lipinski definition) is 3. The summed E-state index contributed by atoms with van der Waals surface area (Å²) in [5.74, 6) is -0.469. The van der Waals surface area contributed by atoms with E-state index in [-0.39, 0.29) is 18.3 Å². The molecule has 4 N–H and O–H groups in total. The number of carbonyl (C=O) groups is 3. The maximum absolute atomic E-state index is 12.9. The van der Waals surface area contributed by atoms with Crippen LogP contribution in [0.2, 0.25) is 0 Å². The summed E-state index contributed by atoms with van der Waals surface area (Å²) in [7, 11) is 0. The first-order chi connectivity index (χ1) is 16.8. The molecule has 0 aliphatic carbocycles. The van der Waals surface area contributed by atoms with Gasteiger partial charge in [-0.25, -0.2) is 0 Å². The third-order valence-corrected chi connectivity index (χ3v) is 6.00. The predicted octanol–water partition coefficient (Wildman–Crippen LogP) is 1.48. The van der Waals surface area contributed by atoms with E-state index in [1.807, 2.05) is 6.07 Å². The summed E-state index contributed by atoms with van der Waals surface area (Å²) in [4.78, 5) is 35.5. The van der Waals surface area contributed by atoms with E-state index in [0.29, 0.717) is 55.8 Å². The highest BCUT2D eigenvalue weighted by Gasteiger charge is 2.37. The van der Waals surface area contributed by atoms with Crippen LogP contribution < -0.4 is 16.0 Å². The minimum absolute atomic E-state index is 0.128. The lowest BCUT2D eigenvalue weighted by Crippen LogP contribution is -2.58. The smallest absolute Gasteiger partial charge is 0.290 e. The zero-order valence-corrected chi connectivity index (χ0v) is 18.9. The van der Waals surface area contributed by atoms with Gasteiger partial charge in [0, 0.05) is 30.9 Å². The lowest BCUT2D eigenvalue weighted by molar-refractivity contribution is -0.130. The molecule has 180 valence electrons. The van der Waals surface area contributed by atoms with Crippen molar-refractivity contribution in [2.75, 3.05) is 18.1 Å². The van der Waals surface area contributed by atoms with E-state index in [1.54, 1.807) is 41.3 Å². The van der Waals surface area contributed by atoms with E-state index in [0.717, 1.165) is 11.1 Å². The van der Waals surface area contributed by atoms with Crippen LogP contribution >= 0.6 is 0 Å². The zero-order valence-electron chi connectivity index (χ0n) is 18.9. The maximum atomic E-state index is 12.9. The molecule has 4 rings (SSSR count). The first kappa shape index (κ1) is 25.4. The van der Waals surface area contributed by atoms with Crippen molar-refractivity contribution in [1.82, 2.24) is 5.32 Å². The summed E-state index contributed by atoms with van der Waals surface area (Å²) in [5.41, 5.74) is 8.63. The largest absolute Gasteiger partial charge is 0.483 e. The Balaban J connectivity index is 0.00000108. The first-order valence-corrected chi connectivity index (χ1v) is 10.9. The van der Waals surface area contributed by atoms with Crippen molar-refractivity contribution in [1.29, 1.82) is 10.5 Å². The van der Waals surface area contributed by atoms with E-state index in [2.05, 4.69) is 17.5 Å². The van der Waals surface area contributed by atoms with Crippen LogP contribution in [0.25, 0.3) is 0 Å². The molecule has 0 bridgehead atoms. The number of nitrogens with zero attached hydrogens (tertiary/aromatic N) is 3. The van der Waals surface area contributed by atoms with Crippen LogP contribution in [0.15, 0.2) is 42.5 Å². The van der Waals surface area contributed by atoms with Gasteiger partial charge in [0.2, 0.25) is 5.91 Å². The van der Waals surface area contributed by atoms with Gasteiger partial charge in [-0.1, -0.05) is 18.2 Å². The highest BCUT2D eigenvalue weighted by Crippen LogP contribution is 2.29. The van der Waals surface area contributed by atoms with E-state index < -0.39 is 11.6 Å². The number of fused-ring (bicyclic) bond motifs is 1. The Morgan fingerprint density at radius 2 is 1.97 bits per heavy atom. The summed E-state index contributed by atoms with van der Waals surface area (Å²) in [6.07, 6.45) is 1.14. The van der Waals surface area contributed by atoms with Crippen LogP contribution in [0.1, 0.15) is 39.9 Å². The molecular weight excluding hydrogens is 450 g/mol. The van der Waals surface area contributed by atoms with Gasteiger partial charge in [-0.3, -0.25) is 14.4 Å². The normalized spacial score (nSPS) is 16.5. The summed E-state index contributed by atoms with van der Waals surface area (Å²) in [6, 6.07) is 15.9. The molecule has 0 aromatic heterocycles. The Hall–Kier alpha value is -4.25. The van der Waals surface area contributed by atoms with Crippen molar-refractivity contribution in [2.24, 2.45) is 5.73 Å². The average Bonchev–Trinajstić information content (AvgIpc) is 3.20. The minimum atomic E-state index is -1.02. The molecule has 2 aromatic carbocycles. The fourth-order valence-corrected chi connectivity index (χ4v) is 4.08. The lowest BCUT2D eigenvalue weighted by atomic mass is 9.90. The van der Waals surface area contributed by atoms with Gasteiger partial charge in [0.05, 0.1) is 29.8 Å². The van der Waals surface area contributed by atoms with Crippen molar-refractivity contribution in [2.45, 2.75) is 37.4 Å². The Morgan fingerprint density at radius 3 is 2.63 bits per heavy atom. The molecule has 10 nitrogen and oxygen atoms in total. The van der Waals surface area contributed by atoms with Gasteiger partial charge in [0.15, 0.2) is 0 Å². The van der Waals surface area contributed by atoms with E-state index >= 15 is 0 Å². The fourth-order valence-electron chi connectivity index (χ4n) is 4.08. The van der Waals surface area contributed by atoms with Crippen LogP contribution in [0, 0.1) is 22.7 Å². The number of anilines is 1. The van der Waals surface area contributed by atoms with Gasteiger partial charge in [0.1, 0.15) is 6.04 Å². The molecule has 0 saturated carbocycles. The Bertz CT molecular complexity index is 1190. The molecule has 2 heterocycles. The topological polar surface area (TPSA) is 170 Å². The van der Waals surface area contributed by atoms with Gasteiger partial charge in [0.25, 0.3) is 12.4 Å². The van der Waals surface area contributed by atoms with E-state index in [1.165, 1.54) is 0 Å². The first-order valence-electron chi connectivity index (χ1n) is 10.9. The number of carboxylic acid groups (broad SMARTS) is 1. The van der Waals surface area contributed by atoms with Crippen molar-refractivity contribution in [3.8, 4) is 12.1 Å². The number of nitrogens with one attached hydrogen (secondary N) is 1. The number of ether oxygens (including phenoxy) is 1. The molecule has 2 aliphatic rings. The summed E-state index contributed by atoms with van der Waals surface area (Å²) in [5, 5.41) is 28.4. The predicted molar refractivity (Wildman–Crippen MR) is 125 cm³/mol. The van der Waals surface area contributed by atoms with Crippen LogP contribution in [0.3, 0.4) is 0 Å².